The van der Waals surface area contributed by atoms with Crippen LogP contribution in [-0.4, -0.2) is 14.5 Å². The van der Waals surface area contributed by atoms with Gasteiger partial charge < -0.3 is 4.57 Å². The van der Waals surface area contributed by atoms with E-state index in [2.05, 4.69) is 9.97 Å². The van der Waals surface area contributed by atoms with Crippen molar-refractivity contribution in [3.8, 4) is 11.4 Å². The van der Waals surface area contributed by atoms with E-state index in [4.69, 9.17) is 0 Å². The van der Waals surface area contributed by atoms with Crippen LogP contribution < -0.4 is 0 Å². The number of rotatable bonds is 2. The Morgan fingerprint density at radius 1 is 1.08 bits per heavy atom. The Kier molecular flexibility index (Phi) is 3.13. The van der Waals surface area contributed by atoms with Gasteiger partial charge in [-0.1, -0.05) is 0 Å². The molecule has 1 aromatic carbocycles. The first-order valence-electron chi connectivity index (χ1n) is 7.25. The van der Waals surface area contributed by atoms with Gasteiger partial charge in [-0.3, -0.25) is 4.98 Å². The standard InChI is InChI=1S/C16H10F5N3/c17-11-3-4-12-14(13(11)18)24(10-1-2-10)15(23-12)8-5-9(7-22-6-8)16(19,20)21/h3-7,10H,1-2H2. The van der Waals surface area contributed by atoms with E-state index in [0.717, 1.165) is 25.0 Å². The minimum atomic E-state index is -4.54. The van der Waals surface area contributed by atoms with Gasteiger partial charge in [0.25, 0.3) is 0 Å². The van der Waals surface area contributed by atoms with Crippen LogP contribution in [0.4, 0.5) is 22.0 Å². The summed E-state index contributed by atoms with van der Waals surface area (Å²) in [6, 6.07) is 3.09. The second-order valence-corrected chi connectivity index (χ2v) is 5.73. The van der Waals surface area contributed by atoms with Gasteiger partial charge in [0.1, 0.15) is 11.3 Å². The summed E-state index contributed by atoms with van der Waals surface area (Å²) in [6.45, 7) is 0. The summed E-state index contributed by atoms with van der Waals surface area (Å²) in [5, 5.41) is 0. The van der Waals surface area contributed by atoms with Gasteiger partial charge in [-0.15, -0.1) is 0 Å². The van der Waals surface area contributed by atoms with Crippen LogP contribution in [0.2, 0.25) is 0 Å². The number of halogens is 5. The molecule has 0 atom stereocenters. The smallest absolute Gasteiger partial charge is 0.318 e. The van der Waals surface area contributed by atoms with Crippen LogP contribution in [0.5, 0.6) is 0 Å². The number of alkyl halides is 3. The summed E-state index contributed by atoms with van der Waals surface area (Å²) in [5.41, 5.74) is -0.619. The van der Waals surface area contributed by atoms with Crippen molar-refractivity contribution in [2.75, 3.05) is 0 Å². The molecule has 24 heavy (non-hydrogen) atoms. The van der Waals surface area contributed by atoms with Gasteiger partial charge in [-0.25, -0.2) is 13.8 Å². The largest absolute Gasteiger partial charge is 0.417 e. The molecule has 1 fully saturated rings. The molecule has 0 bridgehead atoms. The Bertz CT molecular complexity index is 941. The summed E-state index contributed by atoms with van der Waals surface area (Å²) in [6.07, 6.45) is -1.12. The highest BCUT2D eigenvalue weighted by Gasteiger charge is 2.34. The molecule has 3 nitrogen and oxygen atoms in total. The van der Waals surface area contributed by atoms with Crippen molar-refractivity contribution >= 4 is 11.0 Å². The molecule has 8 heteroatoms. The summed E-state index contributed by atoms with van der Waals surface area (Å²) in [4.78, 5) is 7.84. The third kappa shape index (κ3) is 2.33. The zero-order valence-electron chi connectivity index (χ0n) is 12.1. The zero-order chi connectivity index (χ0) is 17.1. The number of nitrogens with zero attached hydrogens (tertiary/aromatic N) is 3. The van der Waals surface area contributed by atoms with Crippen molar-refractivity contribution in [1.82, 2.24) is 14.5 Å². The first-order chi connectivity index (χ1) is 11.4. The average Bonchev–Trinajstić information content (AvgIpc) is 3.30. The van der Waals surface area contributed by atoms with E-state index in [0.29, 0.717) is 6.20 Å². The fourth-order valence-electron chi connectivity index (χ4n) is 2.73. The second-order valence-electron chi connectivity index (χ2n) is 5.73. The molecule has 1 saturated carbocycles. The van der Waals surface area contributed by atoms with Crippen molar-refractivity contribution in [2.45, 2.75) is 25.1 Å². The fourth-order valence-corrected chi connectivity index (χ4v) is 2.73. The van der Waals surface area contributed by atoms with Gasteiger partial charge in [0.05, 0.1) is 11.1 Å². The number of benzene rings is 1. The quantitative estimate of drug-likeness (QED) is 0.632. The highest BCUT2D eigenvalue weighted by molar-refractivity contribution is 5.81. The van der Waals surface area contributed by atoms with E-state index in [-0.39, 0.29) is 28.5 Å². The molecule has 0 saturated heterocycles. The van der Waals surface area contributed by atoms with Crippen LogP contribution in [0.25, 0.3) is 22.4 Å². The highest BCUT2D eigenvalue weighted by Crippen LogP contribution is 2.42. The molecule has 0 aliphatic heterocycles. The van der Waals surface area contributed by atoms with Crippen molar-refractivity contribution in [3.63, 3.8) is 0 Å². The van der Waals surface area contributed by atoms with Gasteiger partial charge >= 0.3 is 6.18 Å². The van der Waals surface area contributed by atoms with Crippen LogP contribution in [0, 0.1) is 11.6 Å². The summed E-state index contributed by atoms with van der Waals surface area (Å²) in [7, 11) is 0. The molecule has 0 N–H and O–H groups in total. The van der Waals surface area contributed by atoms with Crippen molar-refractivity contribution in [2.24, 2.45) is 0 Å². The van der Waals surface area contributed by atoms with Crippen LogP contribution >= 0.6 is 0 Å². The fraction of sp³-hybridized carbons (Fsp3) is 0.250. The molecule has 0 unspecified atom stereocenters. The lowest BCUT2D eigenvalue weighted by Gasteiger charge is -2.10. The maximum absolute atomic E-state index is 14.2. The van der Waals surface area contributed by atoms with Crippen LogP contribution in [-0.2, 0) is 6.18 Å². The monoisotopic (exact) mass is 339 g/mol. The third-order valence-corrected chi connectivity index (χ3v) is 3.98. The average molecular weight is 339 g/mol. The molecule has 0 spiro atoms. The maximum atomic E-state index is 14.2. The van der Waals surface area contributed by atoms with Crippen molar-refractivity contribution in [3.05, 3.63) is 47.8 Å². The van der Waals surface area contributed by atoms with Gasteiger partial charge in [-0.05, 0) is 31.0 Å². The molecule has 0 radical (unpaired) electrons. The molecule has 2 heterocycles. The predicted octanol–water partition coefficient (Wildman–Crippen LogP) is 4.73. The molecular formula is C16H10F5N3. The Labute approximate surface area is 132 Å². The molecular weight excluding hydrogens is 329 g/mol. The van der Waals surface area contributed by atoms with Crippen LogP contribution in [0.3, 0.4) is 0 Å². The minimum Gasteiger partial charge on any atom is -0.318 e. The molecule has 0 amide bonds. The summed E-state index contributed by atoms with van der Waals surface area (Å²) in [5.74, 6) is -1.90. The maximum Gasteiger partial charge on any atom is 0.417 e. The van der Waals surface area contributed by atoms with E-state index >= 15 is 0 Å². The number of pyridine rings is 1. The first kappa shape index (κ1) is 15.0. The normalized spacial score (nSPS) is 15.2. The minimum absolute atomic E-state index is 0.0232. The zero-order valence-corrected chi connectivity index (χ0v) is 12.1. The number of fused-ring (bicyclic) bond motifs is 1. The van der Waals surface area contributed by atoms with Gasteiger partial charge in [0.2, 0.25) is 0 Å². The first-order valence-corrected chi connectivity index (χ1v) is 7.25. The van der Waals surface area contributed by atoms with E-state index in [1.165, 1.54) is 16.8 Å². The molecule has 2 aromatic heterocycles. The van der Waals surface area contributed by atoms with Crippen molar-refractivity contribution in [1.29, 1.82) is 0 Å². The van der Waals surface area contributed by atoms with E-state index in [1.807, 2.05) is 0 Å². The Morgan fingerprint density at radius 2 is 1.83 bits per heavy atom. The number of hydrogen-bond donors (Lipinski definition) is 0. The number of aromatic nitrogens is 3. The van der Waals surface area contributed by atoms with Crippen LogP contribution in [0.15, 0.2) is 30.6 Å². The lowest BCUT2D eigenvalue weighted by molar-refractivity contribution is -0.137. The van der Waals surface area contributed by atoms with Crippen LogP contribution in [0.1, 0.15) is 24.4 Å². The van der Waals surface area contributed by atoms with E-state index in [9.17, 15) is 22.0 Å². The highest BCUT2D eigenvalue weighted by atomic mass is 19.4. The van der Waals surface area contributed by atoms with Gasteiger partial charge in [0.15, 0.2) is 11.6 Å². The lowest BCUT2D eigenvalue weighted by Crippen LogP contribution is -2.06. The predicted molar refractivity (Wildman–Crippen MR) is 76.2 cm³/mol. The number of hydrogen-bond acceptors (Lipinski definition) is 2. The third-order valence-electron chi connectivity index (χ3n) is 3.98. The Hall–Kier alpha value is -2.51. The molecule has 1 aliphatic carbocycles. The molecule has 4 rings (SSSR count). The lowest BCUT2D eigenvalue weighted by atomic mass is 10.2. The number of imidazole rings is 1. The van der Waals surface area contributed by atoms with Crippen molar-refractivity contribution < 1.29 is 22.0 Å². The Balaban J connectivity index is 1.98. The molecule has 124 valence electrons. The van der Waals surface area contributed by atoms with Gasteiger partial charge in [0, 0.05) is 24.0 Å². The van der Waals surface area contributed by atoms with E-state index < -0.39 is 23.4 Å². The molecule has 1 aliphatic rings. The summed E-state index contributed by atoms with van der Waals surface area (Å²) >= 11 is 0. The molecule has 3 aromatic rings. The topological polar surface area (TPSA) is 30.7 Å². The van der Waals surface area contributed by atoms with Gasteiger partial charge in [-0.2, -0.15) is 13.2 Å². The summed E-state index contributed by atoms with van der Waals surface area (Å²) < 4.78 is 68.0. The Morgan fingerprint density at radius 3 is 2.50 bits per heavy atom. The SMILES string of the molecule is Fc1ccc2nc(-c3cncc(C(F)(F)F)c3)n(C3CC3)c2c1F. The van der Waals surface area contributed by atoms with E-state index in [1.54, 1.807) is 0 Å². The second kappa shape index (κ2) is 4.99.